The monoisotopic (exact) mass is 249 g/mol. The van der Waals surface area contributed by atoms with Crippen molar-refractivity contribution in [2.24, 2.45) is 13.0 Å². The zero-order valence-corrected chi connectivity index (χ0v) is 10.2. The maximum absolute atomic E-state index is 11.7. The van der Waals surface area contributed by atoms with Gasteiger partial charge in [-0.25, -0.2) is 4.98 Å². The van der Waals surface area contributed by atoms with Crippen molar-refractivity contribution in [3.63, 3.8) is 0 Å². The lowest BCUT2D eigenvalue weighted by molar-refractivity contribution is -0.117. The number of anilines is 1. The van der Waals surface area contributed by atoms with Crippen molar-refractivity contribution in [2.75, 3.05) is 5.32 Å². The summed E-state index contributed by atoms with van der Waals surface area (Å²) in [7, 11) is 1.88. The molecule has 3 rings (SSSR count). The smallest absolute Gasteiger partial charge is 0.229 e. The first-order valence-electron chi connectivity index (χ1n) is 5.58. The van der Waals surface area contributed by atoms with Gasteiger partial charge in [-0.1, -0.05) is 11.6 Å². The molecule has 5 heteroatoms. The Balaban J connectivity index is 1.98. The molecule has 1 aromatic carbocycles. The summed E-state index contributed by atoms with van der Waals surface area (Å²) >= 11 is 5.91. The number of carbonyl (C=O) groups excluding carboxylic acids is 1. The summed E-state index contributed by atoms with van der Waals surface area (Å²) in [6.07, 6.45) is 1.98. The van der Waals surface area contributed by atoms with Gasteiger partial charge in [0.1, 0.15) is 0 Å². The van der Waals surface area contributed by atoms with Crippen molar-refractivity contribution in [3.05, 3.63) is 23.2 Å². The zero-order chi connectivity index (χ0) is 12.0. The van der Waals surface area contributed by atoms with Crippen LogP contribution in [-0.2, 0) is 11.8 Å². The van der Waals surface area contributed by atoms with Crippen molar-refractivity contribution >= 4 is 34.5 Å². The van der Waals surface area contributed by atoms with Crippen LogP contribution in [0.1, 0.15) is 12.8 Å². The second kappa shape index (κ2) is 3.74. The number of nitrogens with zero attached hydrogens (tertiary/aromatic N) is 2. The fraction of sp³-hybridized carbons (Fsp3) is 0.333. The number of hydrogen-bond donors (Lipinski definition) is 1. The third kappa shape index (κ3) is 1.89. The van der Waals surface area contributed by atoms with E-state index in [-0.39, 0.29) is 11.8 Å². The first-order chi connectivity index (χ1) is 8.15. The van der Waals surface area contributed by atoms with Crippen LogP contribution in [0.25, 0.3) is 11.0 Å². The Kier molecular flexibility index (Phi) is 2.33. The SMILES string of the molecule is Cn1c(NC(=O)C2CC2)nc2cc(Cl)ccc21. The Hall–Kier alpha value is -1.55. The highest BCUT2D eigenvalue weighted by molar-refractivity contribution is 6.31. The molecule has 1 amide bonds. The van der Waals surface area contributed by atoms with E-state index in [0.717, 1.165) is 23.9 Å². The molecule has 0 unspecified atom stereocenters. The second-order valence-corrected chi connectivity index (χ2v) is 4.83. The lowest BCUT2D eigenvalue weighted by atomic mass is 10.3. The Morgan fingerprint density at radius 1 is 1.53 bits per heavy atom. The first kappa shape index (κ1) is 10.6. The highest BCUT2D eigenvalue weighted by atomic mass is 35.5. The molecule has 4 nitrogen and oxygen atoms in total. The van der Waals surface area contributed by atoms with Crippen LogP contribution in [0.15, 0.2) is 18.2 Å². The molecular weight excluding hydrogens is 238 g/mol. The van der Waals surface area contributed by atoms with E-state index in [1.54, 1.807) is 6.07 Å². The molecule has 0 atom stereocenters. The number of imidazole rings is 1. The molecule has 1 N–H and O–H groups in total. The lowest BCUT2D eigenvalue weighted by Gasteiger charge is -2.03. The molecule has 0 aliphatic heterocycles. The Morgan fingerprint density at radius 3 is 3.00 bits per heavy atom. The summed E-state index contributed by atoms with van der Waals surface area (Å²) in [6.45, 7) is 0. The van der Waals surface area contributed by atoms with E-state index >= 15 is 0 Å². The molecule has 88 valence electrons. The summed E-state index contributed by atoms with van der Waals surface area (Å²) in [6, 6.07) is 5.51. The van der Waals surface area contributed by atoms with Crippen molar-refractivity contribution in [2.45, 2.75) is 12.8 Å². The van der Waals surface area contributed by atoms with Crippen molar-refractivity contribution in [1.29, 1.82) is 0 Å². The number of benzene rings is 1. The fourth-order valence-electron chi connectivity index (χ4n) is 1.84. The Bertz CT molecular complexity index is 601. The molecule has 1 saturated carbocycles. The number of nitrogens with one attached hydrogen (secondary N) is 1. The summed E-state index contributed by atoms with van der Waals surface area (Å²) in [5.74, 6) is 0.826. The van der Waals surface area contributed by atoms with E-state index < -0.39 is 0 Å². The van der Waals surface area contributed by atoms with Crippen LogP contribution in [0.4, 0.5) is 5.95 Å². The minimum Gasteiger partial charge on any atom is -0.313 e. The minimum atomic E-state index is 0.0644. The molecule has 0 spiro atoms. The molecule has 0 saturated heterocycles. The molecular formula is C12H12ClN3O. The summed E-state index contributed by atoms with van der Waals surface area (Å²) in [5, 5.41) is 3.50. The van der Waals surface area contributed by atoms with Gasteiger partial charge in [0.05, 0.1) is 11.0 Å². The van der Waals surface area contributed by atoms with Gasteiger partial charge >= 0.3 is 0 Å². The van der Waals surface area contributed by atoms with Crippen LogP contribution in [0.2, 0.25) is 5.02 Å². The normalized spacial score (nSPS) is 15.2. The van der Waals surface area contributed by atoms with Gasteiger partial charge < -0.3 is 4.57 Å². The number of amides is 1. The molecule has 0 bridgehead atoms. The van der Waals surface area contributed by atoms with Crippen LogP contribution in [-0.4, -0.2) is 15.5 Å². The predicted octanol–water partition coefficient (Wildman–Crippen LogP) is 2.58. The standard InChI is InChI=1S/C12H12ClN3O/c1-16-10-5-4-8(13)6-9(10)14-12(16)15-11(17)7-2-3-7/h4-7H,2-3H2,1H3,(H,14,15,17). The molecule has 17 heavy (non-hydrogen) atoms. The van der Waals surface area contributed by atoms with E-state index in [1.165, 1.54) is 0 Å². The number of aryl methyl sites for hydroxylation is 1. The fourth-order valence-corrected chi connectivity index (χ4v) is 2.01. The number of halogens is 1. The maximum atomic E-state index is 11.7. The molecule has 1 aliphatic carbocycles. The zero-order valence-electron chi connectivity index (χ0n) is 9.40. The number of carbonyl (C=O) groups is 1. The van der Waals surface area contributed by atoms with E-state index in [0.29, 0.717) is 11.0 Å². The minimum absolute atomic E-state index is 0.0644. The van der Waals surface area contributed by atoms with E-state index in [4.69, 9.17) is 11.6 Å². The third-order valence-electron chi connectivity index (χ3n) is 3.03. The van der Waals surface area contributed by atoms with E-state index in [9.17, 15) is 4.79 Å². The van der Waals surface area contributed by atoms with Gasteiger partial charge in [0.15, 0.2) is 0 Å². The van der Waals surface area contributed by atoms with Crippen LogP contribution >= 0.6 is 11.6 Å². The van der Waals surface area contributed by atoms with Crippen LogP contribution < -0.4 is 5.32 Å². The van der Waals surface area contributed by atoms with E-state index in [2.05, 4.69) is 10.3 Å². The van der Waals surface area contributed by atoms with Gasteiger partial charge in [-0.3, -0.25) is 10.1 Å². The largest absolute Gasteiger partial charge is 0.313 e. The lowest BCUT2D eigenvalue weighted by Crippen LogP contribution is -2.16. The first-order valence-corrected chi connectivity index (χ1v) is 5.96. The Morgan fingerprint density at radius 2 is 2.29 bits per heavy atom. The number of aromatic nitrogens is 2. The average molecular weight is 250 g/mol. The molecule has 1 heterocycles. The summed E-state index contributed by atoms with van der Waals surface area (Å²) < 4.78 is 1.87. The van der Waals surface area contributed by atoms with Gasteiger partial charge in [0.2, 0.25) is 11.9 Å². The van der Waals surface area contributed by atoms with Gasteiger partial charge in [0.25, 0.3) is 0 Å². The van der Waals surface area contributed by atoms with Crippen LogP contribution in [0, 0.1) is 5.92 Å². The van der Waals surface area contributed by atoms with Gasteiger partial charge in [-0.05, 0) is 31.0 Å². The predicted molar refractivity (Wildman–Crippen MR) is 67.1 cm³/mol. The topological polar surface area (TPSA) is 46.9 Å². The average Bonchev–Trinajstić information content (AvgIpc) is 3.07. The van der Waals surface area contributed by atoms with Crippen molar-refractivity contribution in [1.82, 2.24) is 9.55 Å². The quantitative estimate of drug-likeness (QED) is 0.889. The molecule has 0 radical (unpaired) electrons. The van der Waals surface area contributed by atoms with Crippen molar-refractivity contribution in [3.8, 4) is 0 Å². The van der Waals surface area contributed by atoms with Gasteiger partial charge in [-0.15, -0.1) is 0 Å². The van der Waals surface area contributed by atoms with Crippen LogP contribution in [0.5, 0.6) is 0 Å². The highest BCUT2D eigenvalue weighted by Crippen LogP contribution is 2.30. The van der Waals surface area contributed by atoms with Gasteiger partial charge in [0, 0.05) is 18.0 Å². The second-order valence-electron chi connectivity index (χ2n) is 4.39. The molecule has 1 fully saturated rings. The summed E-state index contributed by atoms with van der Waals surface area (Å²) in [5.41, 5.74) is 1.76. The molecule has 2 aromatic rings. The van der Waals surface area contributed by atoms with Gasteiger partial charge in [-0.2, -0.15) is 0 Å². The number of hydrogen-bond acceptors (Lipinski definition) is 2. The maximum Gasteiger partial charge on any atom is 0.229 e. The number of rotatable bonds is 2. The molecule has 1 aromatic heterocycles. The van der Waals surface area contributed by atoms with E-state index in [1.807, 2.05) is 23.7 Å². The highest BCUT2D eigenvalue weighted by Gasteiger charge is 2.30. The summed E-state index contributed by atoms with van der Waals surface area (Å²) in [4.78, 5) is 16.1. The van der Waals surface area contributed by atoms with Crippen LogP contribution in [0.3, 0.4) is 0 Å². The Labute approximate surface area is 104 Å². The third-order valence-corrected chi connectivity index (χ3v) is 3.26. The number of fused-ring (bicyclic) bond motifs is 1. The van der Waals surface area contributed by atoms with Crippen molar-refractivity contribution < 1.29 is 4.79 Å². The molecule has 1 aliphatic rings.